The first-order valence-corrected chi connectivity index (χ1v) is 10.2. The minimum absolute atomic E-state index is 0.233. The number of esters is 1. The number of para-hydroxylation sites is 1. The minimum atomic E-state index is -0.600. The number of nitrogens with zero attached hydrogens (tertiary/aromatic N) is 1. The maximum absolute atomic E-state index is 12.9. The number of pyridine rings is 1. The monoisotopic (exact) mass is 437 g/mol. The van der Waals surface area contributed by atoms with Crippen molar-refractivity contribution in [3.05, 3.63) is 76.1 Å². The molecular weight excluding hydrogens is 410 g/mol. The van der Waals surface area contributed by atoms with Crippen molar-refractivity contribution in [1.82, 2.24) is 4.57 Å². The molecule has 7 nitrogen and oxygen atoms in total. The van der Waals surface area contributed by atoms with Crippen LogP contribution in [0.1, 0.15) is 36.7 Å². The number of rotatable bonds is 6. The molecule has 32 heavy (non-hydrogen) atoms. The van der Waals surface area contributed by atoms with Crippen LogP contribution in [0.5, 0.6) is 11.5 Å². The van der Waals surface area contributed by atoms with Gasteiger partial charge in [-0.05, 0) is 48.4 Å². The van der Waals surface area contributed by atoms with Crippen molar-refractivity contribution < 1.29 is 24.2 Å². The molecule has 0 saturated heterocycles. The molecule has 0 amide bonds. The van der Waals surface area contributed by atoms with Gasteiger partial charge in [-0.25, -0.2) is 4.79 Å². The molecule has 0 radical (unpaired) electrons. The lowest BCUT2D eigenvalue weighted by Crippen LogP contribution is -2.24. The van der Waals surface area contributed by atoms with Crippen LogP contribution in [0.3, 0.4) is 0 Å². The second-order valence-electron chi connectivity index (χ2n) is 6.69. The summed E-state index contributed by atoms with van der Waals surface area (Å²) < 4.78 is 11.2. The molecule has 2 aromatic carbocycles. The normalized spacial score (nSPS) is 10.8. The van der Waals surface area contributed by atoms with Crippen LogP contribution in [0.4, 0.5) is 0 Å². The number of ketones is 1. The number of carbonyl (C=O) groups excluding carboxylic acids is 2. The minimum Gasteiger partial charge on any atom is -0.506 e. The van der Waals surface area contributed by atoms with Gasteiger partial charge < -0.3 is 19.1 Å². The van der Waals surface area contributed by atoms with Gasteiger partial charge in [-0.3, -0.25) is 9.59 Å². The van der Waals surface area contributed by atoms with Crippen molar-refractivity contribution in [3.63, 3.8) is 0 Å². The summed E-state index contributed by atoms with van der Waals surface area (Å²) in [5.41, 5.74) is 0.915. The predicted molar refractivity (Wildman–Crippen MR) is 124 cm³/mol. The van der Waals surface area contributed by atoms with Gasteiger partial charge in [0, 0.05) is 12.4 Å². The molecule has 168 valence electrons. The number of aromatic nitrogens is 1. The molecule has 0 atom stereocenters. The van der Waals surface area contributed by atoms with Crippen LogP contribution in [0.2, 0.25) is 0 Å². The number of aryl methyl sites for hydroxylation is 1. The summed E-state index contributed by atoms with van der Waals surface area (Å²) in [6.07, 6.45) is 1.30. The summed E-state index contributed by atoms with van der Waals surface area (Å²) in [7, 11) is 2.83. The third-order valence-corrected chi connectivity index (χ3v) is 4.74. The number of ether oxygens (including phenoxy) is 2. The Morgan fingerprint density at radius 3 is 2.47 bits per heavy atom. The molecular formula is C25H27NO6. The van der Waals surface area contributed by atoms with Crippen molar-refractivity contribution in [2.45, 2.75) is 20.8 Å². The molecule has 3 aromatic rings. The number of benzene rings is 2. The predicted octanol–water partition coefficient (Wildman–Crippen LogP) is 4.11. The van der Waals surface area contributed by atoms with Gasteiger partial charge >= 0.3 is 5.97 Å². The standard InChI is InChI=1S/C23H21NO6.C2H6/c1-14(15-7-6-8-16(12-15)30-13-20(26)29-3)11-19(25)21-22(27)17-9-4-5-10-18(17)24(2)23(21)28;1-2/h4-12,27H,13H2,1-3H3;1-2H3/b14-11+;. The first-order valence-electron chi connectivity index (χ1n) is 10.2. The SMILES string of the molecule is CC.COC(=O)COc1cccc(/C(C)=C/C(=O)c2c(O)c3ccccc3n(C)c2=O)c1. The van der Waals surface area contributed by atoms with E-state index in [4.69, 9.17) is 4.74 Å². The largest absolute Gasteiger partial charge is 0.506 e. The van der Waals surface area contributed by atoms with Gasteiger partial charge in [-0.1, -0.05) is 38.1 Å². The van der Waals surface area contributed by atoms with Gasteiger partial charge in [0.2, 0.25) is 0 Å². The summed E-state index contributed by atoms with van der Waals surface area (Å²) >= 11 is 0. The average molecular weight is 437 g/mol. The Hall–Kier alpha value is -3.87. The van der Waals surface area contributed by atoms with Crippen molar-refractivity contribution in [2.24, 2.45) is 7.05 Å². The highest BCUT2D eigenvalue weighted by Crippen LogP contribution is 2.27. The lowest BCUT2D eigenvalue weighted by atomic mass is 10.0. The Kier molecular flexibility index (Phi) is 8.35. The Bertz CT molecular complexity index is 1220. The molecule has 0 bridgehead atoms. The van der Waals surface area contributed by atoms with E-state index < -0.39 is 17.3 Å². The van der Waals surface area contributed by atoms with Crippen LogP contribution in [0.15, 0.2) is 59.4 Å². The van der Waals surface area contributed by atoms with E-state index in [1.165, 1.54) is 17.8 Å². The molecule has 1 aromatic heterocycles. The molecule has 0 spiro atoms. The highest BCUT2D eigenvalue weighted by atomic mass is 16.6. The van der Waals surface area contributed by atoms with Gasteiger partial charge in [0.25, 0.3) is 5.56 Å². The van der Waals surface area contributed by atoms with Crippen LogP contribution < -0.4 is 10.3 Å². The molecule has 0 unspecified atom stereocenters. The first kappa shape index (κ1) is 24.4. The highest BCUT2D eigenvalue weighted by Gasteiger charge is 2.19. The third kappa shape index (κ3) is 5.24. The number of hydrogen-bond acceptors (Lipinski definition) is 6. The topological polar surface area (TPSA) is 94.8 Å². The third-order valence-electron chi connectivity index (χ3n) is 4.74. The molecule has 0 saturated carbocycles. The number of aromatic hydroxyl groups is 1. The van der Waals surface area contributed by atoms with Crippen molar-refractivity contribution >= 4 is 28.2 Å². The second kappa shape index (κ2) is 10.9. The van der Waals surface area contributed by atoms with E-state index in [2.05, 4.69) is 4.74 Å². The zero-order valence-corrected chi connectivity index (χ0v) is 18.8. The summed E-state index contributed by atoms with van der Waals surface area (Å²) in [5, 5.41) is 11.0. The number of carbonyl (C=O) groups is 2. The van der Waals surface area contributed by atoms with E-state index in [1.54, 1.807) is 62.5 Å². The maximum Gasteiger partial charge on any atom is 0.343 e. The number of methoxy groups -OCH3 is 1. The fourth-order valence-electron chi connectivity index (χ4n) is 3.09. The van der Waals surface area contributed by atoms with Gasteiger partial charge in [0.05, 0.1) is 12.6 Å². The molecule has 7 heteroatoms. The Morgan fingerprint density at radius 1 is 1.09 bits per heavy atom. The summed E-state index contributed by atoms with van der Waals surface area (Å²) in [6.45, 7) is 5.47. The first-order chi connectivity index (χ1) is 15.3. The van der Waals surface area contributed by atoms with Gasteiger partial charge in [0.15, 0.2) is 12.4 Å². The van der Waals surface area contributed by atoms with E-state index in [1.807, 2.05) is 13.8 Å². The molecule has 0 aliphatic rings. The van der Waals surface area contributed by atoms with Crippen LogP contribution >= 0.6 is 0 Å². The Morgan fingerprint density at radius 2 is 1.78 bits per heavy atom. The molecule has 3 rings (SSSR count). The fraction of sp³-hybridized carbons (Fsp3) is 0.240. The fourth-order valence-corrected chi connectivity index (χ4v) is 3.09. The molecule has 0 fully saturated rings. The quantitative estimate of drug-likeness (QED) is 0.354. The van der Waals surface area contributed by atoms with E-state index in [-0.39, 0.29) is 17.9 Å². The van der Waals surface area contributed by atoms with E-state index in [0.29, 0.717) is 27.8 Å². The van der Waals surface area contributed by atoms with Gasteiger partial charge in [0.1, 0.15) is 17.1 Å². The van der Waals surface area contributed by atoms with Crippen molar-refractivity contribution in [3.8, 4) is 11.5 Å². The van der Waals surface area contributed by atoms with Crippen LogP contribution in [-0.4, -0.2) is 35.1 Å². The highest BCUT2D eigenvalue weighted by molar-refractivity contribution is 6.12. The van der Waals surface area contributed by atoms with Crippen molar-refractivity contribution in [2.75, 3.05) is 13.7 Å². The molecule has 0 aliphatic heterocycles. The van der Waals surface area contributed by atoms with Gasteiger partial charge in [-0.15, -0.1) is 0 Å². The number of hydrogen-bond donors (Lipinski definition) is 1. The van der Waals surface area contributed by atoms with E-state index in [9.17, 15) is 19.5 Å². The Labute approximate surface area is 186 Å². The molecule has 1 N–H and O–H groups in total. The summed E-state index contributed by atoms with van der Waals surface area (Å²) in [6, 6.07) is 13.7. The molecule has 1 heterocycles. The van der Waals surface area contributed by atoms with Crippen molar-refractivity contribution in [1.29, 1.82) is 0 Å². The maximum atomic E-state index is 12.9. The summed E-state index contributed by atoms with van der Waals surface area (Å²) in [5.74, 6) is -1.01. The van der Waals surface area contributed by atoms with Crippen LogP contribution in [0.25, 0.3) is 16.5 Å². The average Bonchev–Trinajstić information content (AvgIpc) is 2.82. The number of fused-ring (bicyclic) bond motifs is 1. The lowest BCUT2D eigenvalue weighted by molar-refractivity contribution is -0.142. The lowest BCUT2D eigenvalue weighted by Gasteiger charge is -2.11. The second-order valence-corrected chi connectivity index (χ2v) is 6.69. The van der Waals surface area contributed by atoms with Crippen LogP contribution in [0, 0.1) is 0 Å². The molecule has 0 aliphatic carbocycles. The zero-order chi connectivity index (χ0) is 23.8. The van der Waals surface area contributed by atoms with Gasteiger partial charge in [-0.2, -0.15) is 0 Å². The Balaban J connectivity index is 0.00000176. The summed E-state index contributed by atoms with van der Waals surface area (Å²) in [4.78, 5) is 36.8. The van der Waals surface area contributed by atoms with E-state index in [0.717, 1.165) is 0 Å². The zero-order valence-electron chi connectivity index (χ0n) is 18.8. The van der Waals surface area contributed by atoms with Crippen LogP contribution in [-0.2, 0) is 16.6 Å². The smallest absolute Gasteiger partial charge is 0.343 e. The van der Waals surface area contributed by atoms with E-state index >= 15 is 0 Å². The number of allylic oxidation sites excluding steroid dienone is 2.